The van der Waals surface area contributed by atoms with Crippen molar-refractivity contribution in [2.75, 3.05) is 36.4 Å². The van der Waals surface area contributed by atoms with Gasteiger partial charge in [0, 0.05) is 38.6 Å². The molecule has 0 atom stereocenters. The molecular formula is C25H30F3N3O. The Balaban J connectivity index is 1.48. The molecular weight excluding hydrogens is 415 g/mol. The van der Waals surface area contributed by atoms with Crippen LogP contribution in [-0.2, 0) is 17.5 Å². The van der Waals surface area contributed by atoms with E-state index in [0.29, 0.717) is 18.8 Å². The molecule has 0 bridgehead atoms. The predicted molar refractivity (Wildman–Crippen MR) is 121 cm³/mol. The number of hydrogen-bond acceptors (Lipinski definition) is 3. The topological polar surface area (TPSA) is 35.6 Å². The highest BCUT2D eigenvalue weighted by atomic mass is 19.4. The van der Waals surface area contributed by atoms with E-state index >= 15 is 0 Å². The molecule has 1 aliphatic carbocycles. The fourth-order valence-corrected chi connectivity index (χ4v) is 4.68. The minimum Gasteiger partial charge on any atom is -0.367 e. The standard InChI is InChI=1S/C25H30F3N3O/c26-25(27,28)21-11-12-23(22(17-21)29-24(32)20-9-5-2-6-10-20)31-15-13-30(14-16-31)18-19-7-3-1-4-8-19/h1,3-4,7-8,11-12,17,20H,2,5-6,9-10,13-16,18H2,(H,29,32). The van der Waals surface area contributed by atoms with Crippen molar-refractivity contribution >= 4 is 17.3 Å². The molecule has 2 aromatic carbocycles. The number of alkyl halides is 3. The maximum Gasteiger partial charge on any atom is 0.416 e. The van der Waals surface area contributed by atoms with Crippen LogP contribution in [0.4, 0.5) is 24.5 Å². The first-order valence-corrected chi connectivity index (χ1v) is 11.4. The molecule has 0 spiro atoms. The molecule has 1 saturated heterocycles. The summed E-state index contributed by atoms with van der Waals surface area (Å²) in [5.74, 6) is -0.276. The van der Waals surface area contributed by atoms with Gasteiger partial charge in [0.15, 0.2) is 0 Å². The Labute approximate surface area is 187 Å². The summed E-state index contributed by atoms with van der Waals surface area (Å²) in [6.07, 6.45) is 0.271. The van der Waals surface area contributed by atoms with Crippen molar-refractivity contribution < 1.29 is 18.0 Å². The van der Waals surface area contributed by atoms with Crippen LogP contribution >= 0.6 is 0 Å². The fraction of sp³-hybridized carbons (Fsp3) is 0.480. The third-order valence-electron chi connectivity index (χ3n) is 6.52. The smallest absolute Gasteiger partial charge is 0.367 e. The zero-order valence-electron chi connectivity index (χ0n) is 18.2. The Morgan fingerprint density at radius 3 is 2.28 bits per heavy atom. The van der Waals surface area contributed by atoms with Gasteiger partial charge in [0.1, 0.15) is 0 Å². The molecule has 1 heterocycles. The Morgan fingerprint density at radius 2 is 1.62 bits per heavy atom. The van der Waals surface area contributed by atoms with Crippen molar-refractivity contribution in [3.63, 3.8) is 0 Å². The number of piperazine rings is 1. The molecule has 0 radical (unpaired) electrons. The highest BCUT2D eigenvalue weighted by Crippen LogP contribution is 2.36. The van der Waals surface area contributed by atoms with Crippen molar-refractivity contribution in [2.24, 2.45) is 5.92 Å². The number of carbonyl (C=O) groups excluding carboxylic acids is 1. The number of hydrogen-bond donors (Lipinski definition) is 1. The maximum absolute atomic E-state index is 13.4. The first-order chi connectivity index (χ1) is 15.4. The summed E-state index contributed by atoms with van der Waals surface area (Å²) >= 11 is 0. The van der Waals surface area contributed by atoms with Crippen LogP contribution < -0.4 is 10.2 Å². The van der Waals surface area contributed by atoms with Crippen LogP contribution in [-0.4, -0.2) is 37.0 Å². The highest BCUT2D eigenvalue weighted by molar-refractivity contribution is 5.96. The quantitative estimate of drug-likeness (QED) is 0.656. The van der Waals surface area contributed by atoms with Crippen LogP contribution in [0, 0.1) is 5.92 Å². The number of rotatable bonds is 5. The minimum absolute atomic E-state index is 0.117. The van der Waals surface area contributed by atoms with E-state index in [1.54, 1.807) is 0 Å². The molecule has 32 heavy (non-hydrogen) atoms. The lowest BCUT2D eigenvalue weighted by molar-refractivity contribution is -0.137. The summed E-state index contributed by atoms with van der Waals surface area (Å²) < 4.78 is 40.1. The molecule has 2 fully saturated rings. The third kappa shape index (κ3) is 5.63. The molecule has 4 nitrogen and oxygen atoms in total. The van der Waals surface area contributed by atoms with Crippen LogP contribution in [0.5, 0.6) is 0 Å². The monoisotopic (exact) mass is 445 g/mol. The molecule has 0 aromatic heterocycles. The Morgan fingerprint density at radius 1 is 0.938 bits per heavy atom. The Bertz CT molecular complexity index is 902. The summed E-state index contributed by atoms with van der Waals surface area (Å²) in [6, 6.07) is 13.9. The van der Waals surface area contributed by atoms with Gasteiger partial charge in [-0.2, -0.15) is 13.2 Å². The van der Waals surface area contributed by atoms with Crippen molar-refractivity contribution in [3.05, 3.63) is 59.7 Å². The number of anilines is 2. The number of nitrogens with zero attached hydrogens (tertiary/aromatic N) is 2. The predicted octanol–water partition coefficient (Wildman–Crippen LogP) is 5.55. The highest BCUT2D eigenvalue weighted by Gasteiger charge is 2.32. The van der Waals surface area contributed by atoms with Crippen LogP contribution in [0.3, 0.4) is 0 Å². The molecule has 0 unspecified atom stereocenters. The van der Waals surface area contributed by atoms with E-state index in [2.05, 4.69) is 27.2 Å². The first-order valence-electron chi connectivity index (χ1n) is 11.4. The number of benzene rings is 2. The molecule has 1 N–H and O–H groups in total. The molecule has 1 amide bonds. The second-order valence-electron chi connectivity index (χ2n) is 8.80. The van der Waals surface area contributed by atoms with E-state index in [0.717, 1.165) is 63.9 Å². The lowest BCUT2D eigenvalue weighted by Gasteiger charge is -2.37. The van der Waals surface area contributed by atoms with Gasteiger partial charge >= 0.3 is 6.18 Å². The van der Waals surface area contributed by atoms with Crippen LogP contribution in [0.2, 0.25) is 0 Å². The summed E-state index contributed by atoms with van der Waals surface area (Å²) in [5, 5.41) is 2.85. The molecule has 4 rings (SSSR count). The van der Waals surface area contributed by atoms with E-state index in [9.17, 15) is 18.0 Å². The van der Waals surface area contributed by atoms with Gasteiger partial charge in [0.25, 0.3) is 0 Å². The summed E-state index contributed by atoms with van der Waals surface area (Å²) in [7, 11) is 0. The van der Waals surface area contributed by atoms with Gasteiger partial charge in [-0.3, -0.25) is 9.69 Å². The van der Waals surface area contributed by atoms with Gasteiger partial charge in [-0.15, -0.1) is 0 Å². The van der Waals surface area contributed by atoms with Crippen molar-refractivity contribution in [1.29, 1.82) is 0 Å². The lowest BCUT2D eigenvalue weighted by atomic mass is 9.88. The van der Waals surface area contributed by atoms with Crippen molar-refractivity contribution in [3.8, 4) is 0 Å². The van der Waals surface area contributed by atoms with Crippen molar-refractivity contribution in [2.45, 2.75) is 44.8 Å². The van der Waals surface area contributed by atoms with E-state index < -0.39 is 11.7 Å². The third-order valence-corrected chi connectivity index (χ3v) is 6.52. The normalized spacial score (nSPS) is 18.5. The zero-order chi connectivity index (χ0) is 22.6. The molecule has 2 aliphatic rings. The van der Waals surface area contributed by atoms with Gasteiger partial charge in [-0.1, -0.05) is 49.6 Å². The Kier molecular flexibility index (Phi) is 7.04. The number of amides is 1. The van der Waals surface area contributed by atoms with Crippen LogP contribution in [0.1, 0.15) is 43.2 Å². The second kappa shape index (κ2) is 9.94. The number of carbonyl (C=O) groups is 1. The first kappa shape index (κ1) is 22.6. The summed E-state index contributed by atoms with van der Waals surface area (Å²) in [4.78, 5) is 17.2. The average Bonchev–Trinajstić information content (AvgIpc) is 2.80. The Hall–Kier alpha value is -2.54. The van der Waals surface area contributed by atoms with Gasteiger partial charge in [0.2, 0.25) is 5.91 Å². The van der Waals surface area contributed by atoms with Gasteiger partial charge < -0.3 is 10.2 Å². The molecule has 1 aliphatic heterocycles. The molecule has 1 saturated carbocycles. The molecule has 172 valence electrons. The number of halogens is 3. The van der Waals surface area contributed by atoms with E-state index in [4.69, 9.17) is 0 Å². The van der Waals surface area contributed by atoms with E-state index in [-0.39, 0.29) is 17.5 Å². The van der Waals surface area contributed by atoms with E-state index in [1.807, 2.05) is 18.2 Å². The van der Waals surface area contributed by atoms with Gasteiger partial charge in [-0.05, 0) is 36.6 Å². The summed E-state index contributed by atoms with van der Waals surface area (Å²) in [5.41, 5.74) is 1.45. The van der Waals surface area contributed by atoms with Crippen molar-refractivity contribution in [1.82, 2.24) is 4.90 Å². The average molecular weight is 446 g/mol. The molecule has 7 heteroatoms. The van der Waals surface area contributed by atoms with Gasteiger partial charge in [0.05, 0.1) is 16.9 Å². The zero-order valence-corrected chi connectivity index (χ0v) is 18.2. The number of nitrogens with one attached hydrogen (secondary N) is 1. The minimum atomic E-state index is -4.45. The largest absolute Gasteiger partial charge is 0.416 e. The lowest BCUT2D eigenvalue weighted by Crippen LogP contribution is -2.46. The van der Waals surface area contributed by atoms with Gasteiger partial charge in [-0.25, -0.2) is 0 Å². The van der Waals surface area contributed by atoms with Crippen LogP contribution in [0.25, 0.3) is 0 Å². The van der Waals surface area contributed by atoms with E-state index in [1.165, 1.54) is 11.6 Å². The second-order valence-corrected chi connectivity index (χ2v) is 8.80. The van der Waals surface area contributed by atoms with Crippen LogP contribution in [0.15, 0.2) is 48.5 Å². The fourth-order valence-electron chi connectivity index (χ4n) is 4.68. The SMILES string of the molecule is O=C(Nc1cc(C(F)(F)F)ccc1N1CCN(Cc2ccccc2)CC1)C1CCCCC1. The maximum atomic E-state index is 13.4. The molecule has 2 aromatic rings. The summed E-state index contributed by atoms with van der Waals surface area (Å²) in [6.45, 7) is 3.87.